The monoisotopic (exact) mass is 216 g/mol. The molecule has 0 heterocycles. The molecule has 1 aromatic rings. The van der Waals surface area contributed by atoms with Gasteiger partial charge in [0.25, 0.3) is 0 Å². The van der Waals surface area contributed by atoms with E-state index in [1.807, 2.05) is 32.9 Å². The van der Waals surface area contributed by atoms with Crippen molar-refractivity contribution in [2.24, 2.45) is 0 Å². The van der Waals surface area contributed by atoms with E-state index < -0.39 is 5.97 Å². The second-order valence-electron chi connectivity index (χ2n) is 2.23. The lowest BCUT2D eigenvalue weighted by atomic mass is 10.2. The van der Waals surface area contributed by atoms with Crippen molar-refractivity contribution in [3.8, 4) is 0 Å². The van der Waals surface area contributed by atoms with Gasteiger partial charge in [-0.15, -0.1) is 0 Å². The minimum absolute atomic E-state index is 0. The summed E-state index contributed by atoms with van der Waals surface area (Å²) in [6.07, 6.45) is 0. The van der Waals surface area contributed by atoms with Crippen molar-refractivity contribution in [3.05, 3.63) is 35.4 Å². The molecule has 80 valence electrons. The maximum atomic E-state index is 10.8. The zero-order valence-electron chi connectivity index (χ0n) is 8.00. The molecule has 1 aromatic carbocycles. The number of rotatable bonds is 1. The largest absolute Gasteiger partial charge is 0.356 e. The van der Waals surface area contributed by atoms with E-state index in [-0.39, 0.29) is 7.43 Å². The normalized spacial score (nSPS) is 7.71. The van der Waals surface area contributed by atoms with Crippen molar-refractivity contribution in [3.63, 3.8) is 0 Å². The highest BCUT2D eigenvalue weighted by molar-refractivity contribution is 6.15. The second-order valence-corrected chi connectivity index (χ2v) is 2.38. The summed E-state index contributed by atoms with van der Waals surface area (Å²) in [5.41, 5.74) is 1.56. The van der Waals surface area contributed by atoms with Crippen LogP contribution in [0.25, 0.3) is 0 Å². The van der Waals surface area contributed by atoms with Crippen molar-refractivity contribution in [2.75, 3.05) is 0 Å². The van der Waals surface area contributed by atoms with Gasteiger partial charge < -0.3 is 4.29 Å². The molecule has 0 aliphatic rings. The van der Waals surface area contributed by atoms with Gasteiger partial charge in [-0.25, -0.2) is 4.79 Å². The first-order valence-corrected chi connectivity index (χ1v) is 4.44. The summed E-state index contributed by atoms with van der Waals surface area (Å²) in [7, 11) is 0. The number of hydrogen-bond acceptors (Lipinski definition) is 2. The number of aryl methyl sites for hydroxylation is 1. The van der Waals surface area contributed by atoms with E-state index in [2.05, 4.69) is 4.29 Å². The maximum absolute atomic E-state index is 10.8. The Kier molecular flexibility index (Phi) is 9.46. The Balaban J connectivity index is 0. The average molecular weight is 217 g/mol. The summed E-state index contributed by atoms with van der Waals surface area (Å²) in [5.74, 6) is -0.522. The van der Waals surface area contributed by atoms with E-state index in [4.69, 9.17) is 11.9 Å². The average Bonchev–Trinajstić information content (AvgIpc) is 2.21. The van der Waals surface area contributed by atoms with Gasteiger partial charge in [-0.05, 0) is 19.1 Å². The zero-order valence-corrected chi connectivity index (χ0v) is 8.76. The number of carbonyl (C=O) groups is 1. The molecule has 0 bridgehead atoms. The topological polar surface area (TPSA) is 26.3 Å². The number of halogens is 1. The van der Waals surface area contributed by atoms with Crippen LogP contribution < -0.4 is 0 Å². The molecule has 0 fully saturated rings. The van der Waals surface area contributed by atoms with E-state index >= 15 is 0 Å². The van der Waals surface area contributed by atoms with Crippen molar-refractivity contribution >= 4 is 17.8 Å². The molecular formula is C11H17ClO2. The van der Waals surface area contributed by atoms with Crippen LogP contribution in [0.2, 0.25) is 0 Å². The van der Waals surface area contributed by atoms with Gasteiger partial charge in [-0.3, -0.25) is 0 Å². The van der Waals surface area contributed by atoms with Crippen LogP contribution in [0.4, 0.5) is 0 Å². The molecule has 0 aromatic heterocycles. The summed E-state index contributed by atoms with van der Waals surface area (Å²) in [5, 5.41) is 0. The van der Waals surface area contributed by atoms with Crippen LogP contribution in [0.3, 0.4) is 0 Å². The molecule has 0 unspecified atom stereocenters. The molecule has 0 saturated carbocycles. The molecule has 0 spiro atoms. The van der Waals surface area contributed by atoms with E-state index in [0.717, 1.165) is 5.56 Å². The van der Waals surface area contributed by atoms with Crippen LogP contribution in [-0.2, 0) is 4.29 Å². The third-order valence-corrected chi connectivity index (χ3v) is 1.50. The van der Waals surface area contributed by atoms with E-state index in [0.29, 0.717) is 5.56 Å². The lowest BCUT2D eigenvalue weighted by Crippen LogP contribution is -1.96. The first-order valence-electron chi connectivity index (χ1n) is 4.13. The molecule has 0 aliphatic carbocycles. The Hall–Kier alpha value is -1.02. The smallest absolute Gasteiger partial charge is 0.343 e. The summed E-state index contributed by atoms with van der Waals surface area (Å²) >= 11 is 4.88. The Morgan fingerprint density at radius 3 is 2.00 bits per heavy atom. The van der Waals surface area contributed by atoms with Crippen LogP contribution >= 0.6 is 11.9 Å². The lowest BCUT2D eigenvalue weighted by Gasteiger charge is -1.95. The summed E-state index contributed by atoms with van der Waals surface area (Å²) < 4.78 is 4.01. The first-order chi connectivity index (χ1) is 6.24. The Morgan fingerprint density at radius 2 is 1.64 bits per heavy atom. The summed E-state index contributed by atoms with van der Waals surface area (Å²) in [4.78, 5) is 10.8. The third kappa shape index (κ3) is 4.87. The van der Waals surface area contributed by atoms with Crippen LogP contribution in [0.1, 0.15) is 37.2 Å². The standard InChI is InChI=1S/C8H7ClO2.C2H6.CH4/c1-6-2-4-7(5-3-6)8(10)11-9;1-2;/h2-5H,1H3;1-2H3;1H4. The van der Waals surface area contributed by atoms with Gasteiger partial charge in [0, 0.05) is 0 Å². The molecule has 0 amide bonds. The molecule has 0 N–H and O–H groups in total. The molecule has 2 nitrogen and oxygen atoms in total. The minimum Gasteiger partial charge on any atom is -0.343 e. The summed E-state index contributed by atoms with van der Waals surface area (Å²) in [6.45, 7) is 5.94. The van der Waals surface area contributed by atoms with E-state index in [9.17, 15) is 4.79 Å². The van der Waals surface area contributed by atoms with Crippen molar-refractivity contribution in [1.82, 2.24) is 0 Å². The van der Waals surface area contributed by atoms with Crippen LogP contribution in [0.15, 0.2) is 24.3 Å². The maximum Gasteiger partial charge on any atom is 0.356 e. The van der Waals surface area contributed by atoms with Crippen LogP contribution in [-0.4, -0.2) is 5.97 Å². The van der Waals surface area contributed by atoms with Crippen molar-refractivity contribution in [2.45, 2.75) is 28.2 Å². The third-order valence-electron chi connectivity index (χ3n) is 1.36. The number of carbonyl (C=O) groups excluding carboxylic acids is 1. The van der Waals surface area contributed by atoms with E-state index in [1.54, 1.807) is 12.1 Å². The van der Waals surface area contributed by atoms with Gasteiger partial charge in [0.15, 0.2) is 0 Å². The molecule has 0 aliphatic heterocycles. The highest BCUT2D eigenvalue weighted by Crippen LogP contribution is 2.05. The van der Waals surface area contributed by atoms with Gasteiger partial charge in [0.1, 0.15) is 11.9 Å². The predicted octanol–water partition coefficient (Wildman–Crippen LogP) is 3.97. The Morgan fingerprint density at radius 1 is 1.21 bits per heavy atom. The number of benzene rings is 1. The van der Waals surface area contributed by atoms with Crippen LogP contribution in [0.5, 0.6) is 0 Å². The van der Waals surface area contributed by atoms with Gasteiger partial charge in [0.2, 0.25) is 0 Å². The lowest BCUT2D eigenvalue weighted by molar-refractivity contribution is 0.0751. The fourth-order valence-electron chi connectivity index (χ4n) is 0.734. The SMILES string of the molecule is C.CC.Cc1ccc(C(=O)OCl)cc1. The Labute approximate surface area is 91.0 Å². The molecular weight excluding hydrogens is 200 g/mol. The second kappa shape index (κ2) is 8.57. The predicted molar refractivity (Wildman–Crippen MR) is 60.5 cm³/mol. The minimum atomic E-state index is -0.522. The van der Waals surface area contributed by atoms with Crippen molar-refractivity contribution in [1.29, 1.82) is 0 Å². The highest BCUT2D eigenvalue weighted by atomic mass is 35.5. The molecule has 0 saturated heterocycles. The molecule has 14 heavy (non-hydrogen) atoms. The molecule has 1 rings (SSSR count). The van der Waals surface area contributed by atoms with Gasteiger partial charge in [0.05, 0.1) is 5.56 Å². The fraction of sp³-hybridized carbons (Fsp3) is 0.364. The van der Waals surface area contributed by atoms with Crippen LogP contribution in [0, 0.1) is 6.92 Å². The summed E-state index contributed by atoms with van der Waals surface area (Å²) in [6, 6.07) is 6.98. The molecule has 0 atom stereocenters. The zero-order chi connectivity index (χ0) is 10.3. The molecule has 0 radical (unpaired) electrons. The van der Waals surface area contributed by atoms with Crippen molar-refractivity contribution < 1.29 is 9.08 Å². The highest BCUT2D eigenvalue weighted by Gasteiger charge is 2.03. The van der Waals surface area contributed by atoms with Gasteiger partial charge in [-0.2, -0.15) is 0 Å². The number of hydrogen-bond donors (Lipinski definition) is 0. The quantitative estimate of drug-likeness (QED) is 0.710. The fourth-order valence-corrected chi connectivity index (χ4v) is 0.823. The Bertz CT molecular complexity index is 254. The van der Waals surface area contributed by atoms with E-state index in [1.165, 1.54) is 0 Å². The molecule has 3 heteroatoms. The van der Waals surface area contributed by atoms with Gasteiger partial charge >= 0.3 is 5.97 Å². The van der Waals surface area contributed by atoms with Gasteiger partial charge in [-0.1, -0.05) is 39.0 Å². The first kappa shape index (κ1) is 15.5.